The summed E-state index contributed by atoms with van der Waals surface area (Å²) in [6.45, 7) is 1.96. The molecule has 2 rings (SSSR count). The first-order valence-electron chi connectivity index (χ1n) is 6.99. The van der Waals surface area contributed by atoms with Crippen LogP contribution in [0, 0.1) is 0 Å². The maximum absolute atomic E-state index is 12.6. The Morgan fingerprint density at radius 2 is 1.92 bits per heavy atom. The summed E-state index contributed by atoms with van der Waals surface area (Å²) in [6.07, 6.45) is -4.01. The average Bonchev–Trinajstić information content (AvgIpc) is 2.54. The Morgan fingerprint density at radius 3 is 2.50 bits per heavy atom. The predicted molar refractivity (Wildman–Crippen MR) is 82.2 cm³/mol. The quantitative estimate of drug-likeness (QED) is 0.916. The third-order valence-corrected chi connectivity index (χ3v) is 3.00. The molecule has 24 heavy (non-hydrogen) atoms. The van der Waals surface area contributed by atoms with Crippen LogP contribution < -0.4 is 10.2 Å². The van der Waals surface area contributed by atoms with Crippen molar-refractivity contribution < 1.29 is 22.7 Å². The van der Waals surface area contributed by atoms with Crippen LogP contribution in [0.2, 0.25) is 0 Å². The minimum atomic E-state index is -4.54. The molecule has 0 aliphatic rings. The predicted octanol–water partition coefficient (Wildman–Crippen LogP) is 3.83. The molecule has 0 aliphatic carbocycles. The second-order valence-electron chi connectivity index (χ2n) is 4.69. The van der Waals surface area contributed by atoms with Crippen LogP contribution in [0.1, 0.15) is 12.6 Å². The molecule has 0 bridgehead atoms. The van der Waals surface area contributed by atoms with Gasteiger partial charge in [-0.05, 0) is 37.3 Å². The first-order chi connectivity index (χ1) is 11.3. The summed E-state index contributed by atoms with van der Waals surface area (Å²) in [7, 11) is 1.55. The Hall–Kier alpha value is -2.84. The molecule has 128 valence electrons. The molecule has 6 nitrogen and oxygen atoms in total. The van der Waals surface area contributed by atoms with Crippen molar-refractivity contribution in [3.05, 3.63) is 42.2 Å². The summed E-state index contributed by atoms with van der Waals surface area (Å²) < 4.78 is 42.7. The van der Waals surface area contributed by atoms with E-state index in [1.54, 1.807) is 38.2 Å². The number of hydrogen-bond donors (Lipinski definition) is 1. The SMILES string of the molecule is CCOC(=O)N(C)c1ccc(Nc2nccc(C(F)(F)F)n2)cc1. The van der Waals surface area contributed by atoms with Crippen LogP contribution in [0.25, 0.3) is 0 Å². The molecule has 0 aliphatic heterocycles. The molecule has 1 amide bonds. The van der Waals surface area contributed by atoms with Gasteiger partial charge in [0.2, 0.25) is 5.95 Å². The lowest BCUT2D eigenvalue weighted by atomic mass is 10.2. The monoisotopic (exact) mass is 340 g/mol. The van der Waals surface area contributed by atoms with Gasteiger partial charge in [0.1, 0.15) is 5.69 Å². The molecule has 9 heteroatoms. The maximum Gasteiger partial charge on any atom is 0.433 e. The zero-order chi connectivity index (χ0) is 17.7. The van der Waals surface area contributed by atoms with E-state index in [0.717, 1.165) is 12.3 Å². The molecular formula is C15H15F3N4O2. The Balaban J connectivity index is 2.11. The van der Waals surface area contributed by atoms with Gasteiger partial charge in [-0.1, -0.05) is 0 Å². The van der Waals surface area contributed by atoms with Crippen molar-refractivity contribution in [2.75, 3.05) is 23.9 Å². The van der Waals surface area contributed by atoms with E-state index in [-0.39, 0.29) is 12.6 Å². The largest absolute Gasteiger partial charge is 0.449 e. The van der Waals surface area contributed by atoms with Gasteiger partial charge in [-0.15, -0.1) is 0 Å². The summed E-state index contributed by atoms with van der Waals surface area (Å²) in [5.74, 6) is -0.170. The molecule has 1 aromatic carbocycles. The number of halogens is 3. The summed E-state index contributed by atoms with van der Waals surface area (Å²) in [5.41, 5.74) is 0.0259. The van der Waals surface area contributed by atoms with Gasteiger partial charge in [-0.3, -0.25) is 4.90 Å². The fourth-order valence-corrected chi connectivity index (χ4v) is 1.80. The lowest BCUT2D eigenvalue weighted by Gasteiger charge is -2.17. The molecule has 1 heterocycles. The number of benzene rings is 1. The van der Waals surface area contributed by atoms with Crippen molar-refractivity contribution in [3.63, 3.8) is 0 Å². The van der Waals surface area contributed by atoms with E-state index >= 15 is 0 Å². The highest BCUT2D eigenvalue weighted by molar-refractivity contribution is 5.87. The molecule has 0 fully saturated rings. The van der Waals surface area contributed by atoms with Crippen molar-refractivity contribution in [1.82, 2.24) is 9.97 Å². The molecule has 0 saturated heterocycles. The number of amides is 1. The average molecular weight is 340 g/mol. The molecule has 1 N–H and O–H groups in total. The third kappa shape index (κ3) is 4.34. The van der Waals surface area contributed by atoms with Crippen LogP contribution >= 0.6 is 0 Å². The summed E-state index contributed by atoms with van der Waals surface area (Å²) >= 11 is 0. The van der Waals surface area contributed by atoms with Crippen molar-refractivity contribution in [2.24, 2.45) is 0 Å². The van der Waals surface area contributed by atoms with Crippen LogP contribution in [-0.2, 0) is 10.9 Å². The minimum absolute atomic E-state index is 0.170. The van der Waals surface area contributed by atoms with E-state index in [9.17, 15) is 18.0 Å². The summed E-state index contributed by atoms with van der Waals surface area (Å²) in [6, 6.07) is 7.21. The minimum Gasteiger partial charge on any atom is -0.449 e. The molecule has 0 atom stereocenters. The number of carbonyl (C=O) groups excluding carboxylic acids is 1. The highest BCUT2D eigenvalue weighted by Crippen LogP contribution is 2.28. The van der Waals surface area contributed by atoms with Gasteiger partial charge in [0.25, 0.3) is 0 Å². The van der Waals surface area contributed by atoms with E-state index in [4.69, 9.17) is 4.74 Å². The van der Waals surface area contributed by atoms with E-state index in [1.165, 1.54) is 4.90 Å². The van der Waals surface area contributed by atoms with Crippen LogP contribution in [0.3, 0.4) is 0 Å². The highest BCUT2D eigenvalue weighted by atomic mass is 19.4. The van der Waals surface area contributed by atoms with E-state index in [0.29, 0.717) is 11.4 Å². The molecule has 2 aromatic rings. The first-order valence-corrected chi connectivity index (χ1v) is 6.99. The van der Waals surface area contributed by atoms with Gasteiger partial charge < -0.3 is 10.1 Å². The number of ether oxygens (including phenoxy) is 1. The van der Waals surface area contributed by atoms with Crippen LogP contribution in [-0.4, -0.2) is 29.7 Å². The Kier molecular flexibility index (Phi) is 5.22. The molecule has 1 aromatic heterocycles. The lowest BCUT2D eigenvalue weighted by Crippen LogP contribution is -2.26. The number of aromatic nitrogens is 2. The van der Waals surface area contributed by atoms with Crippen molar-refractivity contribution in [2.45, 2.75) is 13.1 Å². The highest BCUT2D eigenvalue weighted by Gasteiger charge is 2.32. The van der Waals surface area contributed by atoms with Gasteiger partial charge in [0.05, 0.1) is 6.61 Å². The standard InChI is InChI=1S/C15H15F3N4O2/c1-3-24-14(23)22(2)11-6-4-10(5-7-11)20-13-19-9-8-12(21-13)15(16,17)18/h4-9H,3H2,1-2H3,(H,19,20,21). The number of nitrogens with zero attached hydrogens (tertiary/aromatic N) is 3. The third-order valence-electron chi connectivity index (χ3n) is 3.00. The number of rotatable bonds is 4. The first kappa shape index (κ1) is 17.5. The van der Waals surface area contributed by atoms with Gasteiger partial charge >= 0.3 is 12.3 Å². The van der Waals surface area contributed by atoms with Gasteiger partial charge in [0.15, 0.2) is 0 Å². The Labute approximate surface area is 136 Å². The number of alkyl halides is 3. The van der Waals surface area contributed by atoms with Crippen molar-refractivity contribution in [3.8, 4) is 0 Å². The molecule has 0 radical (unpaired) electrons. The molecular weight excluding hydrogens is 325 g/mol. The Bertz CT molecular complexity index is 705. The van der Waals surface area contributed by atoms with Crippen LogP contribution in [0.15, 0.2) is 36.5 Å². The topological polar surface area (TPSA) is 67.3 Å². The number of carbonyl (C=O) groups is 1. The molecule has 0 spiro atoms. The fraction of sp³-hybridized carbons (Fsp3) is 0.267. The van der Waals surface area contributed by atoms with Gasteiger partial charge in [0, 0.05) is 24.6 Å². The second-order valence-corrected chi connectivity index (χ2v) is 4.69. The number of hydrogen-bond acceptors (Lipinski definition) is 5. The Morgan fingerprint density at radius 1 is 1.25 bits per heavy atom. The normalized spacial score (nSPS) is 11.0. The summed E-state index contributed by atoms with van der Waals surface area (Å²) in [5, 5.41) is 2.68. The molecule has 0 unspecified atom stereocenters. The lowest BCUT2D eigenvalue weighted by molar-refractivity contribution is -0.141. The molecule has 0 saturated carbocycles. The summed E-state index contributed by atoms with van der Waals surface area (Å²) in [4.78, 5) is 20.1. The second kappa shape index (κ2) is 7.16. The van der Waals surface area contributed by atoms with Gasteiger partial charge in [-0.25, -0.2) is 14.8 Å². The maximum atomic E-state index is 12.6. The van der Waals surface area contributed by atoms with Gasteiger partial charge in [-0.2, -0.15) is 13.2 Å². The van der Waals surface area contributed by atoms with Crippen molar-refractivity contribution >= 4 is 23.4 Å². The van der Waals surface area contributed by atoms with Crippen molar-refractivity contribution in [1.29, 1.82) is 0 Å². The van der Waals surface area contributed by atoms with E-state index in [1.807, 2.05) is 0 Å². The zero-order valence-electron chi connectivity index (χ0n) is 13.0. The smallest absolute Gasteiger partial charge is 0.433 e. The van der Waals surface area contributed by atoms with E-state index < -0.39 is 18.0 Å². The van der Waals surface area contributed by atoms with E-state index in [2.05, 4.69) is 15.3 Å². The fourth-order valence-electron chi connectivity index (χ4n) is 1.80. The van der Waals surface area contributed by atoms with Crippen LogP contribution in [0.4, 0.5) is 35.3 Å². The zero-order valence-corrected chi connectivity index (χ0v) is 13.0. The number of nitrogens with one attached hydrogen (secondary N) is 1. The van der Waals surface area contributed by atoms with Crippen LogP contribution in [0.5, 0.6) is 0 Å². The number of anilines is 3.